The third-order valence-corrected chi connectivity index (χ3v) is 6.42. The Morgan fingerprint density at radius 3 is 2.72 bits per heavy atom. The van der Waals surface area contributed by atoms with Crippen LogP contribution in [0.15, 0.2) is 42.5 Å². The third-order valence-electron chi connectivity index (χ3n) is 6.42. The zero-order chi connectivity index (χ0) is 19.8. The maximum absolute atomic E-state index is 13.5. The monoisotopic (exact) mass is 390 g/mol. The van der Waals surface area contributed by atoms with Gasteiger partial charge in [0, 0.05) is 30.6 Å². The van der Waals surface area contributed by atoms with E-state index in [1.54, 1.807) is 6.07 Å². The standard InChI is InChI=1S/C24H27FN4/c1-16-21-15-18(25)9-10-23(21)28-24(26-16)29-13-11-19(12-14-29)27-22-8-4-6-17-5-2-3-7-20(17)22/h2-3,5,7,9-10,15,19,22,27H,4,6,8,11-14H2,1H3. The van der Waals surface area contributed by atoms with E-state index in [1.165, 1.54) is 42.5 Å². The van der Waals surface area contributed by atoms with E-state index in [0.717, 1.165) is 48.5 Å². The summed E-state index contributed by atoms with van der Waals surface area (Å²) in [6.45, 7) is 3.82. The molecule has 1 saturated heterocycles. The van der Waals surface area contributed by atoms with Crippen LogP contribution in [0.3, 0.4) is 0 Å². The van der Waals surface area contributed by atoms with Gasteiger partial charge in [-0.25, -0.2) is 14.4 Å². The molecule has 1 unspecified atom stereocenters. The molecule has 4 nitrogen and oxygen atoms in total. The molecule has 150 valence electrons. The first-order valence-electron chi connectivity index (χ1n) is 10.7. The fraction of sp³-hybridized carbons (Fsp3) is 0.417. The topological polar surface area (TPSA) is 41.1 Å². The van der Waals surface area contributed by atoms with Crippen LogP contribution in [0.4, 0.5) is 10.3 Å². The molecule has 0 bridgehead atoms. The van der Waals surface area contributed by atoms with Gasteiger partial charge in [0.15, 0.2) is 0 Å². The second-order valence-corrected chi connectivity index (χ2v) is 8.34. The number of aromatic nitrogens is 2. The Balaban J connectivity index is 1.27. The maximum atomic E-state index is 13.5. The van der Waals surface area contributed by atoms with Crippen molar-refractivity contribution in [2.45, 2.75) is 51.1 Å². The fourth-order valence-electron chi connectivity index (χ4n) is 4.84. The summed E-state index contributed by atoms with van der Waals surface area (Å²) < 4.78 is 13.5. The molecule has 2 heterocycles. The van der Waals surface area contributed by atoms with Crippen molar-refractivity contribution in [1.29, 1.82) is 0 Å². The highest BCUT2D eigenvalue weighted by Gasteiger charge is 2.26. The predicted octanol–water partition coefficient (Wildman–Crippen LogP) is 4.71. The Labute approximate surface area is 171 Å². The van der Waals surface area contributed by atoms with Gasteiger partial charge in [0.1, 0.15) is 5.82 Å². The van der Waals surface area contributed by atoms with Crippen molar-refractivity contribution in [1.82, 2.24) is 15.3 Å². The molecule has 0 saturated carbocycles. The molecule has 5 heteroatoms. The molecule has 1 N–H and O–H groups in total. The molecular weight excluding hydrogens is 363 g/mol. The minimum absolute atomic E-state index is 0.242. The summed E-state index contributed by atoms with van der Waals surface area (Å²) in [5, 5.41) is 4.72. The summed E-state index contributed by atoms with van der Waals surface area (Å²) in [5.74, 6) is 0.524. The van der Waals surface area contributed by atoms with Crippen molar-refractivity contribution >= 4 is 16.9 Å². The summed E-state index contributed by atoms with van der Waals surface area (Å²) in [7, 11) is 0. The number of benzene rings is 2. The zero-order valence-corrected chi connectivity index (χ0v) is 16.9. The summed E-state index contributed by atoms with van der Waals surface area (Å²) in [6.07, 6.45) is 5.86. The Hall–Kier alpha value is -2.53. The summed E-state index contributed by atoms with van der Waals surface area (Å²) in [6, 6.07) is 14.6. The van der Waals surface area contributed by atoms with E-state index in [0.29, 0.717) is 12.1 Å². The van der Waals surface area contributed by atoms with E-state index in [4.69, 9.17) is 4.98 Å². The average molecular weight is 391 g/mol. The van der Waals surface area contributed by atoms with Gasteiger partial charge in [0.25, 0.3) is 0 Å². The van der Waals surface area contributed by atoms with E-state index in [9.17, 15) is 4.39 Å². The number of hydrogen-bond acceptors (Lipinski definition) is 4. The molecule has 3 aromatic rings. The fourth-order valence-corrected chi connectivity index (χ4v) is 4.84. The van der Waals surface area contributed by atoms with Gasteiger partial charge in [-0.05, 0) is 68.4 Å². The van der Waals surface area contributed by atoms with Gasteiger partial charge in [0.2, 0.25) is 5.95 Å². The SMILES string of the molecule is Cc1nc(N2CCC(NC3CCCc4ccccc43)CC2)nc2ccc(F)cc12. The van der Waals surface area contributed by atoms with Crippen LogP contribution < -0.4 is 10.2 Å². The van der Waals surface area contributed by atoms with Gasteiger partial charge in [-0.1, -0.05) is 24.3 Å². The van der Waals surface area contributed by atoms with Gasteiger partial charge in [-0.3, -0.25) is 0 Å². The largest absolute Gasteiger partial charge is 0.341 e. The molecule has 2 aromatic carbocycles. The molecule has 1 aliphatic heterocycles. The summed E-state index contributed by atoms with van der Waals surface area (Å²) in [4.78, 5) is 11.6. The predicted molar refractivity (Wildman–Crippen MR) is 115 cm³/mol. The van der Waals surface area contributed by atoms with Crippen LogP contribution in [0.25, 0.3) is 10.9 Å². The smallest absolute Gasteiger partial charge is 0.226 e. The average Bonchev–Trinajstić information content (AvgIpc) is 2.75. The quantitative estimate of drug-likeness (QED) is 0.703. The first-order chi connectivity index (χ1) is 14.2. The molecule has 1 aromatic heterocycles. The molecule has 1 atom stereocenters. The van der Waals surface area contributed by atoms with Crippen molar-refractivity contribution in [2.24, 2.45) is 0 Å². The highest BCUT2D eigenvalue weighted by Crippen LogP contribution is 2.31. The third kappa shape index (κ3) is 3.71. The normalized spacial score (nSPS) is 20.1. The van der Waals surface area contributed by atoms with Crippen LogP contribution in [-0.2, 0) is 6.42 Å². The van der Waals surface area contributed by atoms with Gasteiger partial charge in [-0.2, -0.15) is 0 Å². The molecule has 0 amide bonds. The highest BCUT2D eigenvalue weighted by atomic mass is 19.1. The number of nitrogens with zero attached hydrogens (tertiary/aromatic N) is 3. The Morgan fingerprint density at radius 1 is 1.03 bits per heavy atom. The molecule has 29 heavy (non-hydrogen) atoms. The Bertz CT molecular complexity index is 1030. The molecule has 5 rings (SSSR count). The second kappa shape index (κ2) is 7.71. The number of hydrogen-bond donors (Lipinski definition) is 1. The molecule has 0 radical (unpaired) electrons. The second-order valence-electron chi connectivity index (χ2n) is 8.34. The zero-order valence-electron chi connectivity index (χ0n) is 16.9. The van der Waals surface area contributed by atoms with E-state index in [1.807, 2.05) is 6.92 Å². The highest BCUT2D eigenvalue weighted by molar-refractivity contribution is 5.81. The van der Waals surface area contributed by atoms with Gasteiger partial charge in [0.05, 0.1) is 11.2 Å². The van der Waals surface area contributed by atoms with E-state index >= 15 is 0 Å². The first-order valence-corrected chi connectivity index (χ1v) is 10.7. The lowest BCUT2D eigenvalue weighted by molar-refractivity contribution is 0.345. The van der Waals surface area contributed by atoms with Gasteiger partial charge < -0.3 is 10.2 Å². The van der Waals surface area contributed by atoms with Crippen molar-refractivity contribution in [2.75, 3.05) is 18.0 Å². The summed E-state index contributed by atoms with van der Waals surface area (Å²) in [5.41, 5.74) is 4.64. The number of piperidine rings is 1. The van der Waals surface area contributed by atoms with E-state index < -0.39 is 0 Å². The van der Waals surface area contributed by atoms with Gasteiger partial charge >= 0.3 is 0 Å². The van der Waals surface area contributed by atoms with Gasteiger partial charge in [-0.15, -0.1) is 0 Å². The van der Waals surface area contributed by atoms with E-state index in [-0.39, 0.29) is 5.82 Å². The number of rotatable bonds is 3. The number of halogens is 1. The Kier molecular flexibility index (Phi) is 4.92. The first kappa shape index (κ1) is 18.5. The van der Waals surface area contributed by atoms with Crippen LogP contribution >= 0.6 is 0 Å². The van der Waals surface area contributed by atoms with E-state index in [2.05, 4.69) is 39.5 Å². The minimum Gasteiger partial charge on any atom is -0.341 e. The number of anilines is 1. The van der Waals surface area contributed by atoms with Crippen molar-refractivity contribution in [3.8, 4) is 0 Å². The maximum Gasteiger partial charge on any atom is 0.226 e. The van der Waals surface area contributed by atoms with Crippen LogP contribution in [-0.4, -0.2) is 29.1 Å². The lowest BCUT2D eigenvalue weighted by atomic mass is 9.87. The molecule has 2 aliphatic rings. The molecule has 1 aliphatic carbocycles. The van der Waals surface area contributed by atoms with Crippen LogP contribution in [0.1, 0.15) is 48.5 Å². The lowest BCUT2D eigenvalue weighted by Crippen LogP contribution is -2.44. The number of aryl methyl sites for hydroxylation is 2. The van der Waals surface area contributed by atoms with Crippen LogP contribution in [0, 0.1) is 12.7 Å². The molecule has 0 spiro atoms. The number of nitrogens with one attached hydrogen (secondary N) is 1. The lowest BCUT2D eigenvalue weighted by Gasteiger charge is -2.36. The number of fused-ring (bicyclic) bond motifs is 2. The summed E-state index contributed by atoms with van der Waals surface area (Å²) >= 11 is 0. The van der Waals surface area contributed by atoms with Crippen LogP contribution in [0.5, 0.6) is 0 Å². The Morgan fingerprint density at radius 2 is 1.86 bits per heavy atom. The van der Waals surface area contributed by atoms with Crippen molar-refractivity contribution in [3.63, 3.8) is 0 Å². The van der Waals surface area contributed by atoms with Crippen LogP contribution in [0.2, 0.25) is 0 Å². The molecule has 1 fully saturated rings. The van der Waals surface area contributed by atoms with Crippen molar-refractivity contribution in [3.05, 3.63) is 65.1 Å². The minimum atomic E-state index is -0.242. The molecular formula is C24H27FN4. The van der Waals surface area contributed by atoms with Crippen molar-refractivity contribution < 1.29 is 4.39 Å².